The summed E-state index contributed by atoms with van der Waals surface area (Å²) < 4.78 is 18.0. The lowest BCUT2D eigenvalue weighted by molar-refractivity contribution is 0.578. The molecule has 0 aliphatic carbocycles. The van der Waals surface area contributed by atoms with Crippen molar-refractivity contribution < 1.29 is 4.57 Å². The maximum absolute atomic E-state index is 14.3. The van der Waals surface area contributed by atoms with Gasteiger partial charge in [-0.2, -0.15) is 0 Å². The van der Waals surface area contributed by atoms with Crippen LogP contribution in [0.2, 0.25) is 0 Å². The third-order valence-electron chi connectivity index (χ3n) is 4.17. The highest BCUT2D eigenvalue weighted by molar-refractivity contribution is 7.74. The number of anilines is 2. The Bertz CT molecular complexity index is 773. The topological polar surface area (TPSA) is 23.6 Å². The van der Waals surface area contributed by atoms with Crippen LogP contribution in [0.25, 0.3) is 0 Å². The van der Waals surface area contributed by atoms with E-state index in [-0.39, 0.29) is 0 Å². The summed E-state index contributed by atoms with van der Waals surface area (Å²) in [4.78, 5) is 0. The van der Waals surface area contributed by atoms with E-state index in [1.165, 1.54) is 0 Å². The Labute approximate surface area is 143 Å². The Balaban J connectivity index is 2.13. The van der Waals surface area contributed by atoms with E-state index in [9.17, 15) is 4.57 Å². The van der Waals surface area contributed by atoms with Crippen LogP contribution in [-0.2, 0) is 4.57 Å². The second kappa shape index (κ2) is 6.94. The molecule has 0 N–H and O–H groups in total. The molecule has 3 aromatic carbocycles. The van der Waals surface area contributed by atoms with E-state index in [1.54, 1.807) is 0 Å². The van der Waals surface area contributed by atoms with Crippen LogP contribution in [0.15, 0.2) is 91.0 Å². The monoisotopic (exact) mass is 336 g/mol. The molecule has 0 aromatic heterocycles. The quantitative estimate of drug-likeness (QED) is 0.627. The molecule has 0 unspecified atom stereocenters. The number of benzene rings is 3. The summed E-state index contributed by atoms with van der Waals surface area (Å²) >= 11 is 0. The molecule has 0 aliphatic rings. The molecule has 0 aliphatic heterocycles. The van der Waals surface area contributed by atoms with Gasteiger partial charge < -0.3 is 9.34 Å². The van der Waals surface area contributed by atoms with E-state index in [0.29, 0.717) is 0 Å². The van der Waals surface area contributed by atoms with Crippen molar-refractivity contribution in [3.63, 3.8) is 0 Å². The van der Waals surface area contributed by atoms with Gasteiger partial charge in [0.25, 0.3) is 7.44 Å². The zero-order chi connectivity index (χ0) is 17.0. The second-order valence-electron chi connectivity index (χ2n) is 5.60. The molecule has 0 radical (unpaired) electrons. The van der Waals surface area contributed by atoms with E-state index in [0.717, 1.165) is 16.7 Å². The molecule has 3 rings (SSSR count). The van der Waals surface area contributed by atoms with Gasteiger partial charge >= 0.3 is 0 Å². The number of hydrogen-bond acceptors (Lipinski definition) is 1. The molecular weight excluding hydrogens is 315 g/mol. The first-order chi connectivity index (χ1) is 11.6. The van der Waals surface area contributed by atoms with Crippen molar-refractivity contribution in [3.8, 4) is 0 Å². The fourth-order valence-electron chi connectivity index (χ4n) is 2.77. The van der Waals surface area contributed by atoms with Crippen LogP contribution >= 0.6 is 7.44 Å². The lowest BCUT2D eigenvalue weighted by Gasteiger charge is -2.38. The van der Waals surface area contributed by atoms with Crippen LogP contribution in [0.3, 0.4) is 0 Å². The average Bonchev–Trinajstić information content (AvgIpc) is 2.68. The van der Waals surface area contributed by atoms with Gasteiger partial charge in [-0.3, -0.25) is 4.57 Å². The lowest BCUT2D eigenvalue weighted by atomic mass is 10.3. The van der Waals surface area contributed by atoms with Crippen molar-refractivity contribution >= 4 is 24.1 Å². The maximum Gasteiger partial charge on any atom is 0.292 e. The van der Waals surface area contributed by atoms with Gasteiger partial charge in [-0.25, -0.2) is 0 Å². The molecule has 0 atom stereocenters. The van der Waals surface area contributed by atoms with Crippen LogP contribution in [0.1, 0.15) is 0 Å². The fraction of sp³-hybridized carbons (Fsp3) is 0.100. The maximum atomic E-state index is 14.3. The molecule has 0 saturated carbocycles. The summed E-state index contributed by atoms with van der Waals surface area (Å²) in [5.41, 5.74) is 1.85. The zero-order valence-electron chi connectivity index (χ0n) is 13.9. The first-order valence-electron chi connectivity index (χ1n) is 7.88. The third-order valence-corrected chi connectivity index (χ3v) is 7.22. The zero-order valence-corrected chi connectivity index (χ0v) is 14.8. The second-order valence-corrected chi connectivity index (χ2v) is 8.40. The van der Waals surface area contributed by atoms with E-state index < -0.39 is 7.44 Å². The summed E-state index contributed by atoms with van der Waals surface area (Å²) in [6, 6.07) is 29.4. The molecule has 0 saturated heterocycles. The molecule has 0 bridgehead atoms. The van der Waals surface area contributed by atoms with E-state index in [1.807, 2.05) is 114 Å². The average molecular weight is 336 g/mol. The minimum Gasteiger partial charge on any atom is -0.306 e. The molecule has 0 spiro atoms. The Kier molecular flexibility index (Phi) is 4.73. The van der Waals surface area contributed by atoms with E-state index in [2.05, 4.69) is 0 Å². The van der Waals surface area contributed by atoms with Gasteiger partial charge in [0.2, 0.25) is 0 Å². The summed E-state index contributed by atoms with van der Waals surface area (Å²) in [7, 11) is 0.752. The first kappa shape index (κ1) is 16.4. The van der Waals surface area contributed by atoms with Gasteiger partial charge in [0.1, 0.15) is 0 Å². The van der Waals surface area contributed by atoms with Crippen molar-refractivity contribution in [2.24, 2.45) is 0 Å². The van der Waals surface area contributed by atoms with Gasteiger partial charge in [0.15, 0.2) is 0 Å². The molecule has 4 heteroatoms. The lowest BCUT2D eigenvalue weighted by Crippen LogP contribution is -2.33. The number of rotatable bonds is 5. The van der Waals surface area contributed by atoms with Gasteiger partial charge in [0, 0.05) is 25.5 Å². The SMILES string of the molecule is CN(c1ccccc1)P(=O)(c1ccccc1)N(C)c1ccccc1. The highest BCUT2D eigenvalue weighted by Crippen LogP contribution is 2.53. The molecule has 3 nitrogen and oxygen atoms in total. The number of hydrogen-bond donors (Lipinski definition) is 0. The predicted octanol–water partition coefficient (Wildman–Crippen LogP) is 4.78. The van der Waals surface area contributed by atoms with Crippen molar-refractivity contribution in [1.82, 2.24) is 0 Å². The molecule has 0 amide bonds. The molecule has 0 heterocycles. The highest BCUT2D eigenvalue weighted by Gasteiger charge is 2.35. The van der Waals surface area contributed by atoms with Crippen molar-refractivity contribution in [3.05, 3.63) is 91.0 Å². The predicted molar refractivity (Wildman–Crippen MR) is 103 cm³/mol. The largest absolute Gasteiger partial charge is 0.306 e. The summed E-state index contributed by atoms with van der Waals surface area (Å²) in [5, 5.41) is 0.808. The van der Waals surface area contributed by atoms with E-state index in [4.69, 9.17) is 0 Å². The Morgan fingerprint density at radius 1 is 0.583 bits per heavy atom. The van der Waals surface area contributed by atoms with Gasteiger partial charge in [0.05, 0.1) is 5.30 Å². The first-order valence-corrected chi connectivity index (χ1v) is 9.49. The molecule has 24 heavy (non-hydrogen) atoms. The fourth-order valence-corrected chi connectivity index (χ4v) is 5.32. The van der Waals surface area contributed by atoms with Crippen molar-refractivity contribution in [1.29, 1.82) is 0 Å². The van der Waals surface area contributed by atoms with Crippen LogP contribution in [0.4, 0.5) is 11.4 Å². The van der Waals surface area contributed by atoms with E-state index >= 15 is 0 Å². The van der Waals surface area contributed by atoms with Crippen molar-refractivity contribution in [2.75, 3.05) is 23.4 Å². The van der Waals surface area contributed by atoms with Crippen LogP contribution < -0.4 is 14.6 Å². The highest BCUT2D eigenvalue weighted by atomic mass is 31.2. The van der Waals surface area contributed by atoms with Crippen LogP contribution in [-0.4, -0.2) is 14.1 Å². The smallest absolute Gasteiger partial charge is 0.292 e. The minimum atomic E-state index is -3.03. The van der Waals surface area contributed by atoms with Crippen LogP contribution in [0, 0.1) is 0 Å². The van der Waals surface area contributed by atoms with Crippen molar-refractivity contribution in [2.45, 2.75) is 0 Å². The number of para-hydroxylation sites is 2. The summed E-state index contributed by atoms with van der Waals surface area (Å²) in [5.74, 6) is 0. The van der Waals surface area contributed by atoms with Gasteiger partial charge in [-0.05, 0) is 36.4 Å². The molecule has 122 valence electrons. The Morgan fingerprint density at radius 3 is 1.29 bits per heavy atom. The van der Waals surface area contributed by atoms with Crippen LogP contribution in [0.5, 0.6) is 0 Å². The normalized spacial score (nSPS) is 11.1. The number of nitrogens with zero attached hydrogens (tertiary/aromatic N) is 2. The third kappa shape index (κ3) is 2.95. The molecule has 3 aromatic rings. The standard InChI is InChI=1S/C20H21N2OP/c1-21(18-12-6-3-7-13-18)24(23,20-16-10-5-11-17-20)22(2)19-14-8-4-9-15-19/h3-17H,1-2H3. The Morgan fingerprint density at radius 2 is 0.917 bits per heavy atom. The Hall–Kier alpha value is -2.51. The van der Waals surface area contributed by atoms with Gasteiger partial charge in [-0.15, -0.1) is 0 Å². The minimum absolute atomic E-state index is 0.808. The molecule has 0 fully saturated rings. The summed E-state index contributed by atoms with van der Waals surface area (Å²) in [6.07, 6.45) is 0. The summed E-state index contributed by atoms with van der Waals surface area (Å²) in [6.45, 7) is 0. The molecular formula is C20H21N2OP. The van der Waals surface area contributed by atoms with Gasteiger partial charge in [-0.1, -0.05) is 54.6 Å².